The standard InChI is InChI=1S/C28H26O8/c1-16-6-9-19-23(12-16)36-27(18-8-11-22(32-3)25(14-18)34-5)28(26(19)30)35-15-20(29)17-7-10-21(31-2)24(13-17)33-4/h6-14H,15H2,1-5H3. The van der Waals surface area contributed by atoms with Gasteiger partial charge in [0.2, 0.25) is 11.2 Å². The second kappa shape index (κ2) is 10.4. The van der Waals surface area contributed by atoms with Gasteiger partial charge in [-0.15, -0.1) is 0 Å². The molecule has 0 saturated heterocycles. The lowest BCUT2D eigenvalue weighted by molar-refractivity contribution is 0.0920. The minimum atomic E-state index is -0.391. The van der Waals surface area contributed by atoms with Crippen molar-refractivity contribution in [1.29, 1.82) is 0 Å². The van der Waals surface area contributed by atoms with Crippen molar-refractivity contribution in [3.63, 3.8) is 0 Å². The fraction of sp³-hybridized carbons (Fsp3) is 0.214. The number of benzene rings is 3. The number of methoxy groups -OCH3 is 4. The van der Waals surface area contributed by atoms with Gasteiger partial charge in [0.05, 0.1) is 33.8 Å². The van der Waals surface area contributed by atoms with Gasteiger partial charge in [-0.3, -0.25) is 9.59 Å². The fourth-order valence-corrected chi connectivity index (χ4v) is 3.81. The molecule has 8 nitrogen and oxygen atoms in total. The lowest BCUT2D eigenvalue weighted by Crippen LogP contribution is -2.17. The fourth-order valence-electron chi connectivity index (χ4n) is 3.81. The van der Waals surface area contributed by atoms with E-state index in [-0.39, 0.29) is 22.7 Å². The van der Waals surface area contributed by atoms with E-state index >= 15 is 0 Å². The van der Waals surface area contributed by atoms with Crippen LogP contribution in [0.1, 0.15) is 15.9 Å². The molecule has 0 N–H and O–H groups in total. The highest BCUT2D eigenvalue weighted by Crippen LogP contribution is 2.37. The average molecular weight is 491 g/mol. The van der Waals surface area contributed by atoms with Crippen molar-refractivity contribution in [2.24, 2.45) is 0 Å². The maximum atomic E-state index is 13.5. The molecule has 0 fully saturated rings. The van der Waals surface area contributed by atoms with E-state index in [9.17, 15) is 9.59 Å². The number of fused-ring (bicyclic) bond motifs is 1. The highest BCUT2D eigenvalue weighted by molar-refractivity contribution is 5.98. The third-order valence-electron chi connectivity index (χ3n) is 5.71. The molecule has 3 aromatic carbocycles. The number of rotatable bonds is 9. The molecular weight excluding hydrogens is 464 g/mol. The Morgan fingerprint density at radius 1 is 0.778 bits per heavy atom. The second-order valence-electron chi connectivity index (χ2n) is 7.94. The van der Waals surface area contributed by atoms with E-state index in [1.807, 2.05) is 13.0 Å². The number of Topliss-reactive ketones (excluding diaryl/α,β-unsaturated/α-hetero) is 1. The van der Waals surface area contributed by atoms with Crippen molar-refractivity contribution >= 4 is 16.8 Å². The van der Waals surface area contributed by atoms with Gasteiger partial charge in [-0.05, 0) is 61.0 Å². The molecule has 0 saturated carbocycles. The number of ketones is 1. The number of aryl methyl sites for hydroxylation is 1. The first kappa shape index (κ1) is 24.7. The Kier molecular flexibility index (Phi) is 7.15. The molecule has 0 aliphatic heterocycles. The molecule has 0 unspecified atom stereocenters. The van der Waals surface area contributed by atoms with Crippen LogP contribution in [-0.4, -0.2) is 40.8 Å². The third-order valence-corrected chi connectivity index (χ3v) is 5.71. The third kappa shape index (κ3) is 4.70. The van der Waals surface area contributed by atoms with Gasteiger partial charge in [0.1, 0.15) is 5.58 Å². The highest BCUT2D eigenvalue weighted by Gasteiger charge is 2.21. The smallest absolute Gasteiger partial charge is 0.235 e. The lowest BCUT2D eigenvalue weighted by atomic mass is 10.1. The molecule has 0 aliphatic rings. The van der Waals surface area contributed by atoms with Crippen LogP contribution in [0.3, 0.4) is 0 Å². The summed E-state index contributed by atoms with van der Waals surface area (Å²) in [6.45, 7) is 1.51. The Hall–Kier alpha value is -4.46. The number of hydrogen-bond donors (Lipinski definition) is 0. The zero-order chi connectivity index (χ0) is 25.8. The predicted octanol–water partition coefficient (Wildman–Crippen LogP) is 5.06. The van der Waals surface area contributed by atoms with Crippen LogP contribution < -0.4 is 29.1 Å². The van der Waals surface area contributed by atoms with Crippen molar-refractivity contribution in [3.05, 3.63) is 75.9 Å². The molecule has 0 radical (unpaired) electrons. The predicted molar refractivity (Wildman–Crippen MR) is 135 cm³/mol. The Balaban J connectivity index is 1.77. The summed E-state index contributed by atoms with van der Waals surface area (Å²) in [5.74, 6) is 1.64. The van der Waals surface area contributed by atoms with Crippen molar-refractivity contribution in [1.82, 2.24) is 0 Å². The summed E-state index contributed by atoms with van der Waals surface area (Å²) in [5.41, 5.74) is 1.83. The summed E-state index contributed by atoms with van der Waals surface area (Å²) in [6, 6.07) is 15.2. The Morgan fingerprint density at radius 3 is 2.08 bits per heavy atom. The van der Waals surface area contributed by atoms with Crippen LogP contribution in [0.4, 0.5) is 0 Å². The number of ether oxygens (including phenoxy) is 5. The molecule has 8 heteroatoms. The van der Waals surface area contributed by atoms with Crippen molar-refractivity contribution in [3.8, 4) is 40.1 Å². The number of carbonyl (C=O) groups is 1. The topological polar surface area (TPSA) is 93.4 Å². The molecule has 0 atom stereocenters. The zero-order valence-corrected chi connectivity index (χ0v) is 20.7. The van der Waals surface area contributed by atoms with Crippen LogP contribution >= 0.6 is 0 Å². The molecule has 186 valence electrons. The van der Waals surface area contributed by atoms with Crippen molar-refractivity contribution < 1.29 is 32.9 Å². The molecule has 36 heavy (non-hydrogen) atoms. The molecule has 4 aromatic rings. The SMILES string of the molecule is COc1ccc(C(=O)COc2c(-c3ccc(OC)c(OC)c3)oc3cc(C)ccc3c2=O)cc1OC. The van der Waals surface area contributed by atoms with E-state index in [4.69, 9.17) is 28.1 Å². The summed E-state index contributed by atoms with van der Waals surface area (Å²) < 4.78 is 33.2. The first-order chi connectivity index (χ1) is 17.4. The Labute approximate surface area is 207 Å². The number of hydrogen-bond acceptors (Lipinski definition) is 8. The van der Waals surface area contributed by atoms with Crippen LogP contribution in [0.25, 0.3) is 22.3 Å². The average Bonchev–Trinajstić information content (AvgIpc) is 2.91. The van der Waals surface area contributed by atoms with Gasteiger partial charge in [-0.1, -0.05) is 6.07 Å². The van der Waals surface area contributed by atoms with Gasteiger partial charge in [0.25, 0.3) is 0 Å². The summed E-state index contributed by atoms with van der Waals surface area (Å²) in [7, 11) is 6.05. The van der Waals surface area contributed by atoms with Crippen LogP contribution in [0.15, 0.2) is 63.8 Å². The van der Waals surface area contributed by atoms with Gasteiger partial charge < -0.3 is 28.1 Å². The molecular formula is C28H26O8. The molecule has 0 aliphatic carbocycles. The summed E-state index contributed by atoms with van der Waals surface area (Å²) in [5, 5.41) is 0.346. The van der Waals surface area contributed by atoms with E-state index in [1.54, 1.807) is 48.5 Å². The van der Waals surface area contributed by atoms with Crippen LogP contribution in [-0.2, 0) is 0 Å². The maximum absolute atomic E-state index is 13.5. The quantitative estimate of drug-likeness (QED) is 0.301. The van der Waals surface area contributed by atoms with E-state index in [0.717, 1.165) is 5.56 Å². The molecule has 0 bridgehead atoms. The van der Waals surface area contributed by atoms with Crippen molar-refractivity contribution in [2.75, 3.05) is 35.0 Å². The first-order valence-corrected chi connectivity index (χ1v) is 11.1. The normalized spacial score (nSPS) is 10.7. The maximum Gasteiger partial charge on any atom is 0.235 e. The molecule has 0 amide bonds. The molecule has 1 aromatic heterocycles. The Bertz CT molecular complexity index is 1490. The highest BCUT2D eigenvalue weighted by atomic mass is 16.5. The number of carbonyl (C=O) groups excluding carboxylic acids is 1. The summed E-state index contributed by atoms with van der Waals surface area (Å²) >= 11 is 0. The summed E-state index contributed by atoms with van der Waals surface area (Å²) in [6.07, 6.45) is 0. The largest absolute Gasteiger partial charge is 0.493 e. The molecule has 0 spiro atoms. The van der Waals surface area contributed by atoms with Gasteiger partial charge in [-0.25, -0.2) is 0 Å². The summed E-state index contributed by atoms with van der Waals surface area (Å²) in [4.78, 5) is 26.4. The van der Waals surface area contributed by atoms with E-state index in [2.05, 4.69) is 0 Å². The van der Waals surface area contributed by atoms with Gasteiger partial charge in [-0.2, -0.15) is 0 Å². The van der Waals surface area contributed by atoms with Gasteiger partial charge >= 0.3 is 0 Å². The first-order valence-electron chi connectivity index (χ1n) is 11.1. The van der Waals surface area contributed by atoms with Gasteiger partial charge in [0, 0.05) is 11.1 Å². The van der Waals surface area contributed by atoms with E-state index in [1.165, 1.54) is 28.4 Å². The van der Waals surface area contributed by atoms with Crippen LogP contribution in [0, 0.1) is 6.92 Å². The van der Waals surface area contributed by atoms with E-state index in [0.29, 0.717) is 45.1 Å². The Morgan fingerprint density at radius 2 is 1.42 bits per heavy atom. The monoisotopic (exact) mass is 490 g/mol. The van der Waals surface area contributed by atoms with Crippen LogP contribution in [0.5, 0.6) is 28.7 Å². The lowest BCUT2D eigenvalue weighted by Gasteiger charge is -2.14. The van der Waals surface area contributed by atoms with Crippen molar-refractivity contribution in [2.45, 2.75) is 6.92 Å². The molecule has 4 rings (SSSR count). The minimum absolute atomic E-state index is 0.0765. The second-order valence-corrected chi connectivity index (χ2v) is 7.94. The molecule has 1 heterocycles. The van der Waals surface area contributed by atoms with E-state index < -0.39 is 6.61 Å². The van der Waals surface area contributed by atoms with Gasteiger partial charge in [0.15, 0.2) is 41.1 Å². The zero-order valence-electron chi connectivity index (χ0n) is 20.7. The van der Waals surface area contributed by atoms with Crippen LogP contribution in [0.2, 0.25) is 0 Å². The minimum Gasteiger partial charge on any atom is -0.493 e.